The third-order valence-electron chi connectivity index (χ3n) is 4.03. The van der Waals surface area contributed by atoms with Crippen LogP contribution in [-0.4, -0.2) is 54.6 Å². The molecule has 2 aliphatic rings. The van der Waals surface area contributed by atoms with Gasteiger partial charge in [-0.05, 0) is 34.8 Å². The molecule has 1 aromatic rings. The fourth-order valence-corrected chi connectivity index (χ4v) is 3.49. The second-order valence-corrected chi connectivity index (χ2v) is 6.11. The van der Waals surface area contributed by atoms with Crippen LogP contribution in [-0.2, 0) is 4.79 Å². The van der Waals surface area contributed by atoms with Gasteiger partial charge in [-0.25, -0.2) is 0 Å². The van der Waals surface area contributed by atoms with E-state index in [1.807, 2.05) is 11.0 Å². The van der Waals surface area contributed by atoms with Crippen LogP contribution in [0.4, 0.5) is 5.69 Å². The predicted octanol–water partition coefficient (Wildman–Crippen LogP) is 1.24. The van der Waals surface area contributed by atoms with Crippen LogP contribution in [0.2, 0.25) is 0 Å². The van der Waals surface area contributed by atoms with Gasteiger partial charge in [0.2, 0.25) is 5.91 Å². The number of nitrogens with zero attached hydrogens (tertiary/aromatic N) is 3. The van der Waals surface area contributed by atoms with Gasteiger partial charge in [-0.2, -0.15) is 0 Å². The number of carbonyl (C=O) groups excluding carboxylic acids is 1. The number of pyridine rings is 1. The van der Waals surface area contributed by atoms with Crippen molar-refractivity contribution in [3.05, 3.63) is 22.9 Å². The van der Waals surface area contributed by atoms with Crippen LogP contribution < -0.4 is 10.2 Å². The van der Waals surface area contributed by atoms with Crippen LogP contribution in [0.25, 0.3) is 0 Å². The molecule has 1 atom stereocenters. The maximum Gasteiger partial charge on any atom is 0.245 e. The van der Waals surface area contributed by atoms with Crippen LogP contribution in [0.5, 0.6) is 0 Å². The topological polar surface area (TPSA) is 48.5 Å². The smallest absolute Gasteiger partial charge is 0.245 e. The summed E-state index contributed by atoms with van der Waals surface area (Å²) < 4.78 is 0.958. The molecule has 0 aliphatic carbocycles. The molecule has 108 valence electrons. The molecular formula is C14H19BrN4O. The summed E-state index contributed by atoms with van der Waals surface area (Å²) in [6.07, 6.45) is 5.58. The molecule has 1 aromatic heterocycles. The number of carbonyl (C=O) groups is 1. The Morgan fingerprint density at radius 2 is 2.15 bits per heavy atom. The van der Waals surface area contributed by atoms with E-state index in [0.717, 1.165) is 55.7 Å². The highest BCUT2D eigenvalue weighted by Crippen LogP contribution is 2.32. The average molecular weight is 339 g/mol. The van der Waals surface area contributed by atoms with Gasteiger partial charge in [0.05, 0.1) is 10.2 Å². The number of anilines is 1. The summed E-state index contributed by atoms with van der Waals surface area (Å²) in [4.78, 5) is 21.0. The molecule has 3 rings (SSSR count). The van der Waals surface area contributed by atoms with Crippen LogP contribution in [0.3, 0.4) is 0 Å². The van der Waals surface area contributed by atoms with E-state index in [0.29, 0.717) is 0 Å². The SMILES string of the molecule is O=C(C1CCCN1c1ccncc1Br)N1CCNCC1. The highest BCUT2D eigenvalue weighted by Gasteiger charge is 2.34. The fraction of sp³-hybridized carbons (Fsp3) is 0.571. The number of piperazine rings is 1. The van der Waals surface area contributed by atoms with E-state index in [2.05, 4.69) is 31.1 Å². The van der Waals surface area contributed by atoms with Crippen molar-refractivity contribution in [2.24, 2.45) is 0 Å². The molecule has 3 heterocycles. The van der Waals surface area contributed by atoms with Crippen molar-refractivity contribution in [2.45, 2.75) is 18.9 Å². The van der Waals surface area contributed by atoms with E-state index in [4.69, 9.17) is 0 Å². The monoisotopic (exact) mass is 338 g/mol. The van der Waals surface area contributed by atoms with Gasteiger partial charge in [0.15, 0.2) is 0 Å². The van der Waals surface area contributed by atoms with Crippen LogP contribution in [0.15, 0.2) is 22.9 Å². The number of amides is 1. The van der Waals surface area contributed by atoms with E-state index in [9.17, 15) is 4.79 Å². The molecule has 2 fully saturated rings. The van der Waals surface area contributed by atoms with Gasteiger partial charge in [-0.1, -0.05) is 0 Å². The first-order valence-corrected chi connectivity index (χ1v) is 7.92. The molecule has 20 heavy (non-hydrogen) atoms. The van der Waals surface area contributed by atoms with Crippen molar-refractivity contribution < 1.29 is 4.79 Å². The molecule has 0 aromatic carbocycles. The molecule has 0 radical (unpaired) electrons. The van der Waals surface area contributed by atoms with Gasteiger partial charge in [0.25, 0.3) is 0 Å². The highest BCUT2D eigenvalue weighted by molar-refractivity contribution is 9.10. The summed E-state index contributed by atoms with van der Waals surface area (Å²) in [5.41, 5.74) is 1.07. The molecule has 5 nitrogen and oxygen atoms in total. The van der Waals surface area contributed by atoms with Crippen molar-refractivity contribution in [2.75, 3.05) is 37.6 Å². The zero-order valence-electron chi connectivity index (χ0n) is 11.4. The number of halogens is 1. The second-order valence-electron chi connectivity index (χ2n) is 5.25. The summed E-state index contributed by atoms with van der Waals surface area (Å²) in [6.45, 7) is 4.38. The molecule has 2 aliphatic heterocycles. The first kappa shape index (κ1) is 13.8. The van der Waals surface area contributed by atoms with Crippen LogP contribution in [0, 0.1) is 0 Å². The Hall–Kier alpha value is -1.14. The van der Waals surface area contributed by atoms with E-state index in [1.54, 1.807) is 12.4 Å². The van der Waals surface area contributed by atoms with Crippen molar-refractivity contribution in [3.8, 4) is 0 Å². The summed E-state index contributed by atoms with van der Waals surface area (Å²) in [5, 5.41) is 3.29. The van der Waals surface area contributed by atoms with Crippen LogP contribution in [0.1, 0.15) is 12.8 Å². The minimum absolute atomic E-state index is 0.0215. The Kier molecular flexibility index (Phi) is 4.21. The Morgan fingerprint density at radius 3 is 2.90 bits per heavy atom. The minimum Gasteiger partial charge on any atom is -0.359 e. The van der Waals surface area contributed by atoms with E-state index < -0.39 is 0 Å². The maximum atomic E-state index is 12.7. The Balaban J connectivity index is 1.78. The molecule has 0 bridgehead atoms. The Morgan fingerprint density at radius 1 is 1.35 bits per heavy atom. The zero-order chi connectivity index (χ0) is 13.9. The third kappa shape index (κ3) is 2.67. The van der Waals surface area contributed by atoms with Crippen molar-refractivity contribution >= 4 is 27.5 Å². The fourth-order valence-electron chi connectivity index (χ4n) is 3.01. The maximum absolute atomic E-state index is 12.7. The van der Waals surface area contributed by atoms with Crippen molar-refractivity contribution in [1.82, 2.24) is 15.2 Å². The van der Waals surface area contributed by atoms with E-state index in [-0.39, 0.29) is 11.9 Å². The van der Waals surface area contributed by atoms with E-state index in [1.165, 1.54) is 0 Å². The number of rotatable bonds is 2. The quantitative estimate of drug-likeness (QED) is 0.881. The largest absolute Gasteiger partial charge is 0.359 e. The number of hydrogen-bond acceptors (Lipinski definition) is 4. The minimum atomic E-state index is -0.0215. The summed E-state index contributed by atoms with van der Waals surface area (Å²) >= 11 is 3.54. The average Bonchev–Trinajstić information content (AvgIpc) is 2.97. The summed E-state index contributed by atoms with van der Waals surface area (Å²) in [7, 11) is 0. The second kappa shape index (κ2) is 6.10. The van der Waals surface area contributed by atoms with Gasteiger partial charge >= 0.3 is 0 Å². The molecular weight excluding hydrogens is 320 g/mol. The lowest BCUT2D eigenvalue weighted by Gasteiger charge is -2.34. The first-order chi connectivity index (χ1) is 9.77. The first-order valence-electron chi connectivity index (χ1n) is 7.13. The summed E-state index contributed by atoms with van der Waals surface area (Å²) in [5.74, 6) is 0.271. The number of nitrogens with one attached hydrogen (secondary N) is 1. The van der Waals surface area contributed by atoms with Gasteiger partial charge in [-0.3, -0.25) is 9.78 Å². The molecule has 2 saturated heterocycles. The van der Waals surface area contributed by atoms with Gasteiger partial charge in [-0.15, -0.1) is 0 Å². The van der Waals surface area contributed by atoms with Gasteiger partial charge in [0.1, 0.15) is 6.04 Å². The number of aromatic nitrogens is 1. The van der Waals surface area contributed by atoms with Crippen molar-refractivity contribution in [3.63, 3.8) is 0 Å². The predicted molar refractivity (Wildman–Crippen MR) is 81.8 cm³/mol. The van der Waals surface area contributed by atoms with Gasteiger partial charge in [0, 0.05) is 45.1 Å². The van der Waals surface area contributed by atoms with Crippen LogP contribution >= 0.6 is 15.9 Å². The third-order valence-corrected chi connectivity index (χ3v) is 4.64. The molecule has 6 heteroatoms. The normalized spacial score (nSPS) is 23.1. The standard InChI is InChI=1S/C14H19BrN4O/c15-11-10-17-4-3-12(11)19-7-1-2-13(19)14(20)18-8-5-16-6-9-18/h3-4,10,13,16H,1-2,5-9H2. The zero-order valence-corrected chi connectivity index (χ0v) is 13.0. The lowest BCUT2D eigenvalue weighted by Crippen LogP contribution is -2.52. The lowest BCUT2D eigenvalue weighted by molar-refractivity contribution is -0.132. The lowest BCUT2D eigenvalue weighted by atomic mass is 10.1. The van der Waals surface area contributed by atoms with Crippen molar-refractivity contribution in [1.29, 1.82) is 0 Å². The molecule has 1 N–H and O–H groups in total. The summed E-state index contributed by atoms with van der Waals surface area (Å²) in [6, 6.07) is 1.96. The molecule has 0 spiro atoms. The molecule has 1 unspecified atom stereocenters. The Bertz CT molecular complexity index is 490. The molecule has 1 amide bonds. The van der Waals surface area contributed by atoms with Gasteiger partial charge < -0.3 is 15.1 Å². The molecule has 0 saturated carbocycles. The highest BCUT2D eigenvalue weighted by atomic mass is 79.9. The van der Waals surface area contributed by atoms with E-state index >= 15 is 0 Å². The Labute approximate surface area is 127 Å². The number of hydrogen-bond donors (Lipinski definition) is 1.